The van der Waals surface area contributed by atoms with E-state index in [9.17, 15) is 19.2 Å². The molecule has 16 nitrogen and oxygen atoms in total. The Morgan fingerprint density at radius 2 is 1.71 bits per heavy atom. The number of nitrogens with one attached hydrogen (secondary N) is 3. The van der Waals surface area contributed by atoms with Crippen molar-refractivity contribution in [3.8, 4) is 11.3 Å². The number of piperazine rings is 1. The normalized spacial score (nSPS) is 28.1. The highest BCUT2D eigenvalue weighted by atomic mass is 19.4. The molecule has 6 atom stereocenters. The number of carbonyl (C=O) groups excluding carboxylic acids is 4. The van der Waals surface area contributed by atoms with Gasteiger partial charge in [-0.05, 0) is 105 Å². The number of hydrazine groups is 1. The molecule has 3 N–H and O–H groups in total. The monoisotopic (exact) mass is 1070 g/mol. The number of anilines is 1. The molecule has 1 aromatic carbocycles. The Balaban J connectivity index is 0.939. The van der Waals surface area contributed by atoms with E-state index < -0.39 is 42.2 Å². The summed E-state index contributed by atoms with van der Waals surface area (Å²) in [5, 5.41) is 8.57. The van der Waals surface area contributed by atoms with Crippen LogP contribution < -0.4 is 21.0 Å². The highest BCUT2D eigenvalue weighted by molar-refractivity contribution is 5.95. The zero-order valence-electron chi connectivity index (χ0n) is 46.0. The van der Waals surface area contributed by atoms with Gasteiger partial charge in [-0.2, -0.15) is 13.2 Å². The lowest BCUT2D eigenvalue weighted by atomic mass is 9.83. The first-order valence-corrected chi connectivity index (χ1v) is 28.7. The predicted molar refractivity (Wildman–Crippen MR) is 290 cm³/mol. The summed E-state index contributed by atoms with van der Waals surface area (Å²) in [6.45, 7) is 19.4. The average molecular weight is 1070 g/mol. The van der Waals surface area contributed by atoms with Gasteiger partial charge in [-0.15, -0.1) is 0 Å². The first-order chi connectivity index (χ1) is 36.7. The molecule has 2 aromatic heterocycles. The van der Waals surface area contributed by atoms with Crippen molar-refractivity contribution in [3.05, 3.63) is 53.4 Å². The fourth-order valence-corrected chi connectivity index (χ4v) is 13.6. The summed E-state index contributed by atoms with van der Waals surface area (Å²) < 4.78 is 53.1. The van der Waals surface area contributed by atoms with Crippen LogP contribution in [0.15, 0.2) is 36.5 Å². The van der Waals surface area contributed by atoms with Crippen LogP contribution in [0.4, 0.5) is 18.9 Å². The molecule has 0 radical (unpaired) electrons. The van der Waals surface area contributed by atoms with Crippen LogP contribution in [0.1, 0.15) is 109 Å². The van der Waals surface area contributed by atoms with Gasteiger partial charge in [-0.25, -0.2) is 5.43 Å². The Hall–Kier alpha value is -5.08. The molecule has 11 rings (SSSR count). The third-order valence-electron chi connectivity index (χ3n) is 17.8. The van der Waals surface area contributed by atoms with E-state index in [0.29, 0.717) is 99.7 Å². The summed E-state index contributed by atoms with van der Waals surface area (Å²) in [6.07, 6.45) is 5.67. The van der Waals surface area contributed by atoms with Crippen LogP contribution in [0.25, 0.3) is 27.7 Å². The number of ether oxygens (including phenoxy) is 1. The van der Waals surface area contributed by atoms with Gasteiger partial charge in [0.15, 0.2) is 0 Å². The smallest absolute Gasteiger partial charge is 0.406 e. The Kier molecular flexibility index (Phi) is 14.8. The number of hydrogen-bond donors (Lipinski definition) is 3. The number of pyridine rings is 1. The van der Waals surface area contributed by atoms with Crippen LogP contribution in [-0.4, -0.2) is 186 Å². The number of fused-ring (bicyclic) bond motifs is 6. The first kappa shape index (κ1) is 53.9. The summed E-state index contributed by atoms with van der Waals surface area (Å²) >= 11 is 0. The van der Waals surface area contributed by atoms with Crippen molar-refractivity contribution < 1.29 is 37.1 Å². The van der Waals surface area contributed by atoms with Crippen molar-refractivity contribution in [2.75, 3.05) is 96.6 Å². The average Bonchev–Trinajstić information content (AvgIpc) is 4.41. The van der Waals surface area contributed by atoms with E-state index in [0.717, 1.165) is 73.6 Å². The Morgan fingerprint density at radius 3 is 2.43 bits per heavy atom. The van der Waals surface area contributed by atoms with Crippen molar-refractivity contribution in [2.24, 2.45) is 16.7 Å². The second-order valence-corrected chi connectivity index (χ2v) is 25.3. The number of carbonyl (C=O) groups is 4. The zero-order chi connectivity index (χ0) is 54.1. The molecule has 19 heteroatoms. The van der Waals surface area contributed by atoms with E-state index in [1.54, 1.807) is 0 Å². The highest BCUT2D eigenvalue weighted by Crippen LogP contribution is 2.45. The van der Waals surface area contributed by atoms with Crippen molar-refractivity contribution in [1.82, 2.24) is 50.2 Å². The molecule has 77 heavy (non-hydrogen) atoms. The lowest BCUT2D eigenvalue weighted by Crippen LogP contribution is -2.63. The molecule has 6 bridgehead atoms. The van der Waals surface area contributed by atoms with Crippen LogP contribution in [0, 0.1) is 16.7 Å². The molecule has 3 amide bonds. The molecular weight excluding hydrogens is 988 g/mol. The number of amides is 3. The Labute approximate surface area is 451 Å². The van der Waals surface area contributed by atoms with Gasteiger partial charge in [0.1, 0.15) is 18.6 Å². The molecule has 418 valence electrons. The lowest BCUT2D eigenvalue weighted by molar-refractivity contribution is -0.155. The van der Waals surface area contributed by atoms with Crippen molar-refractivity contribution in [3.63, 3.8) is 0 Å². The minimum absolute atomic E-state index is 0.0249. The number of cyclic esters (lactones) is 1. The van der Waals surface area contributed by atoms with E-state index in [1.165, 1.54) is 22.4 Å². The summed E-state index contributed by atoms with van der Waals surface area (Å²) in [4.78, 5) is 73.3. The molecular formula is C58H80F3N11O5. The van der Waals surface area contributed by atoms with Gasteiger partial charge in [0.05, 0.1) is 42.0 Å². The Morgan fingerprint density at radius 1 is 0.948 bits per heavy atom. The molecule has 6 fully saturated rings. The maximum absolute atomic E-state index is 15.2. The van der Waals surface area contributed by atoms with E-state index in [4.69, 9.17) is 9.72 Å². The predicted octanol–water partition coefficient (Wildman–Crippen LogP) is 5.79. The summed E-state index contributed by atoms with van der Waals surface area (Å²) in [5.41, 5.74) is 8.18. The minimum atomic E-state index is -4.55. The molecule has 1 spiro atoms. The third kappa shape index (κ3) is 11.5. The topological polar surface area (TPSA) is 161 Å². The van der Waals surface area contributed by atoms with Crippen molar-refractivity contribution in [2.45, 2.75) is 142 Å². The number of halogens is 3. The largest absolute Gasteiger partial charge is 0.464 e. The number of likely N-dealkylation sites (tertiary alicyclic amines) is 2. The zero-order valence-corrected chi connectivity index (χ0v) is 46.0. The number of alkyl halides is 3. The molecule has 3 aromatic rings. The number of rotatable bonds is 10. The van der Waals surface area contributed by atoms with Gasteiger partial charge in [0, 0.05) is 112 Å². The SMILES string of the molecule is CC(C)c1ncc(N2CCN(C3CC3)CC2)cc1-c1c2c3cc(ccc3n1CC(F)(F)F)C1=CCCN(C1)C[C@H](NC(=O)[C@H](C(C)C)N1CC[C@]3(CCN(C(=O)[C@H]4CN4)C3)C1)C(=O)N1CCC[C@H](N1)C(=O)OCC(C)(C)C2. The minimum Gasteiger partial charge on any atom is -0.464 e. The molecule has 1 saturated carbocycles. The van der Waals surface area contributed by atoms with Crippen LogP contribution in [0.2, 0.25) is 0 Å². The second-order valence-electron chi connectivity index (χ2n) is 25.3. The first-order valence-electron chi connectivity index (χ1n) is 28.7. The van der Waals surface area contributed by atoms with Gasteiger partial charge in [0.2, 0.25) is 11.8 Å². The highest BCUT2D eigenvalue weighted by Gasteiger charge is 2.50. The molecule has 9 heterocycles. The van der Waals surface area contributed by atoms with Gasteiger partial charge < -0.3 is 29.7 Å². The molecule has 1 unspecified atom stereocenters. The van der Waals surface area contributed by atoms with Gasteiger partial charge in [-0.1, -0.05) is 53.7 Å². The van der Waals surface area contributed by atoms with Gasteiger partial charge >= 0.3 is 12.1 Å². The number of benzene rings is 1. The number of esters is 1. The van der Waals surface area contributed by atoms with Crippen LogP contribution in [0.5, 0.6) is 0 Å². The quantitative estimate of drug-likeness (QED) is 0.166. The van der Waals surface area contributed by atoms with Crippen molar-refractivity contribution >= 4 is 45.9 Å². The van der Waals surface area contributed by atoms with Crippen LogP contribution in [-0.2, 0) is 36.9 Å². The maximum Gasteiger partial charge on any atom is 0.406 e. The van der Waals surface area contributed by atoms with Crippen molar-refractivity contribution in [1.29, 1.82) is 0 Å². The van der Waals surface area contributed by atoms with E-state index >= 15 is 13.2 Å². The summed E-state index contributed by atoms with van der Waals surface area (Å²) in [6, 6.07) is 6.09. The fourth-order valence-electron chi connectivity index (χ4n) is 13.6. The molecule has 8 aliphatic rings. The van der Waals surface area contributed by atoms with Crippen LogP contribution in [0.3, 0.4) is 0 Å². The Bertz CT molecular complexity index is 2780. The molecule has 5 saturated heterocycles. The number of nitrogens with zero attached hydrogens (tertiary/aromatic N) is 8. The number of hydrogen-bond acceptors (Lipinski definition) is 12. The summed E-state index contributed by atoms with van der Waals surface area (Å²) in [7, 11) is 0. The fraction of sp³-hybridized carbons (Fsp3) is 0.672. The third-order valence-corrected chi connectivity index (χ3v) is 17.8. The van der Waals surface area contributed by atoms with Gasteiger partial charge in [-0.3, -0.25) is 43.9 Å². The summed E-state index contributed by atoms with van der Waals surface area (Å²) in [5.74, 6) is -1.11. The standard InChI is InChI=1S/C58H80F3N11O5/c1-36(2)49-43(26-41(28-63-49)68-23-21-67(22-24-68)40-12-13-40)51-44-27-56(5,6)35-77-55(76)45-10-8-18-72(65-45)54(75)47(31-66-17-7-9-39(30-66)38-11-14-48(42(44)25-38)71(51)34-58(59,60)61)64-52(73)50(37(3)4)69-19-15-57(32-69)16-20-70(33-57)53(74)46-29-62-46/h9,11,14,25-26,28,36-37,40,45-47,50,62,65H,7-8,10,12-13,15-24,27,29-35H2,1-6H3,(H,64,73)/t45-,46+,47-,50-,57-/m0/s1. The maximum atomic E-state index is 15.2. The van der Waals surface area contributed by atoms with E-state index in [1.807, 2.05) is 70.8 Å². The molecule has 7 aliphatic heterocycles. The molecule has 1 aliphatic carbocycles. The van der Waals surface area contributed by atoms with Crippen LogP contribution >= 0.6 is 0 Å². The lowest BCUT2D eigenvalue weighted by Gasteiger charge is -2.38. The van der Waals surface area contributed by atoms with Gasteiger partial charge in [0.25, 0.3) is 5.91 Å². The number of aromatic nitrogens is 2. The van der Waals surface area contributed by atoms with E-state index in [2.05, 4.69) is 47.8 Å². The second kappa shape index (κ2) is 21.2. The van der Waals surface area contributed by atoms with E-state index in [-0.39, 0.29) is 54.2 Å².